The summed E-state index contributed by atoms with van der Waals surface area (Å²) >= 11 is 1.94. The van der Waals surface area contributed by atoms with Gasteiger partial charge in [0.25, 0.3) is 0 Å². The van der Waals surface area contributed by atoms with Crippen molar-refractivity contribution in [1.29, 1.82) is 0 Å². The van der Waals surface area contributed by atoms with E-state index in [9.17, 15) is 0 Å². The minimum Gasteiger partial charge on any atom is -0.327 e. The van der Waals surface area contributed by atoms with Crippen molar-refractivity contribution in [2.24, 2.45) is 12.8 Å². The molecule has 15 heavy (non-hydrogen) atoms. The number of nitrogens with two attached hydrogens (primary N) is 1. The smallest absolute Gasteiger partial charge is 0.0533 e. The van der Waals surface area contributed by atoms with Gasteiger partial charge in [-0.3, -0.25) is 4.68 Å². The summed E-state index contributed by atoms with van der Waals surface area (Å²) in [4.78, 5) is 0. The molecule has 2 N–H and O–H groups in total. The highest BCUT2D eigenvalue weighted by molar-refractivity contribution is 8.00. The van der Waals surface area contributed by atoms with Gasteiger partial charge in [0, 0.05) is 35.3 Å². The average Bonchev–Trinajstić information content (AvgIpc) is 2.60. The Balaban J connectivity index is 2.74. The third kappa shape index (κ3) is 3.54. The number of hydrogen-bond acceptors (Lipinski definition) is 3. The lowest BCUT2D eigenvalue weighted by atomic mass is 10.1. The number of rotatable bonds is 5. The molecule has 0 radical (unpaired) electrons. The first kappa shape index (κ1) is 12.6. The Kier molecular flexibility index (Phi) is 4.67. The maximum atomic E-state index is 6.02. The van der Waals surface area contributed by atoms with Crippen LogP contribution in [0.3, 0.4) is 0 Å². The molecule has 3 nitrogen and oxygen atoms in total. The van der Waals surface area contributed by atoms with Crippen LogP contribution in [-0.4, -0.2) is 21.1 Å². The van der Waals surface area contributed by atoms with Crippen molar-refractivity contribution < 1.29 is 0 Å². The number of aryl methyl sites for hydroxylation is 1. The zero-order valence-corrected chi connectivity index (χ0v) is 10.8. The summed E-state index contributed by atoms with van der Waals surface area (Å²) in [5, 5.41) is 5.20. The number of thioether (sulfide) groups is 1. The third-order valence-electron chi connectivity index (χ3n) is 2.48. The zero-order chi connectivity index (χ0) is 11.4. The monoisotopic (exact) mass is 227 g/mol. The molecule has 3 atom stereocenters. The lowest BCUT2D eigenvalue weighted by molar-refractivity contribution is 0.712. The van der Waals surface area contributed by atoms with Crippen LogP contribution in [-0.2, 0) is 7.05 Å². The van der Waals surface area contributed by atoms with E-state index >= 15 is 0 Å². The molecule has 1 rings (SSSR count). The Morgan fingerprint density at radius 2 is 2.20 bits per heavy atom. The van der Waals surface area contributed by atoms with Gasteiger partial charge in [-0.15, -0.1) is 11.8 Å². The van der Waals surface area contributed by atoms with Gasteiger partial charge in [0.15, 0.2) is 0 Å². The molecule has 0 aliphatic carbocycles. The summed E-state index contributed by atoms with van der Waals surface area (Å²) in [5.74, 6) is 0. The fourth-order valence-electron chi connectivity index (χ4n) is 1.44. The minimum atomic E-state index is 0.160. The summed E-state index contributed by atoms with van der Waals surface area (Å²) in [6.45, 7) is 6.52. The molecule has 86 valence electrons. The fraction of sp³-hybridized carbons (Fsp3) is 0.727. The molecule has 0 spiro atoms. The van der Waals surface area contributed by atoms with Crippen LogP contribution in [0.2, 0.25) is 0 Å². The highest BCUT2D eigenvalue weighted by Crippen LogP contribution is 2.35. The van der Waals surface area contributed by atoms with Gasteiger partial charge in [-0.25, -0.2) is 0 Å². The van der Waals surface area contributed by atoms with Gasteiger partial charge < -0.3 is 5.73 Å². The third-order valence-corrected chi connectivity index (χ3v) is 4.28. The summed E-state index contributed by atoms with van der Waals surface area (Å²) in [7, 11) is 1.94. The first-order valence-electron chi connectivity index (χ1n) is 5.44. The Morgan fingerprint density at radius 3 is 2.60 bits per heavy atom. The lowest BCUT2D eigenvalue weighted by Crippen LogP contribution is -2.23. The molecular weight excluding hydrogens is 206 g/mol. The SMILES string of the molecule is CCC(C)SC(c1cnn(C)c1)C(C)N. The van der Waals surface area contributed by atoms with E-state index in [-0.39, 0.29) is 6.04 Å². The Labute approximate surface area is 96.4 Å². The van der Waals surface area contributed by atoms with E-state index in [1.54, 1.807) is 0 Å². The van der Waals surface area contributed by atoms with Crippen molar-refractivity contribution >= 4 is 11.8 Å². The van der Waals surface area contributed by atoms with Crippen molar-refractivity contribution in [2.75, 3.05) is 0 Å². The van der Waals surface area contributed by atoms with E-state index < -0.39 is 0 Å². The quantitative estimate of drug-likeness (QED) is 0.839. The number of aromatic nitrogens is 2. The number of nitrogens with zero attached hydrogens (tertiary/aromatic N) is 2. The van der Waals surface area contributed by atoms with Crippen LogP contribution in [0.15, 0.2) is 12.4 Å². The predicted octanol–water partition coefficient (Wildman–Crippen LogP) is 2.34. The average molecular weight is 227 g/mol. The van der Waals surface area contributed by atoms with Crippen LogP contribution >= 0.6 is 11.8 Å². The second-order valence-electron chi connectivity index (χ2n) is 4.08. The normalized spacial score (nSPS) is 17.4. The van der Waals surface area contributed by atoms with Crippen molar-refractivity contribution in [3.05, 3.63) is 18.0 Å². The Hall–Kier alpha value is -0.480. The number of hydrogen-bond donors (Lipinski definition) is 1. The maximum Gasteiger partial charge on any atom is 0.0533 e. The first-order chi connectivity index (χ1) is 7.04. The molecule has 0 bridgehead atoms. The standard InChI is InChI=1S/C11H21N3S/c1-5-8(2)15-11(9(3)12)10-6-13-14(4)7-10/h6-9,11H,5,12H2,1-4H3. The van der Waals surface area contributed by atoms with Crippen LogP contribution in [0.5, 0.6) is 0 Å². The second kappa shape index (κ2) is 5.56. The maximum absolute atomic E-state index is 6.02. The molecule has 1 aromatic heterocycles. The van der Waals surface area contributed by atoms with Crippen LogP contribution in [0, 0.1) is 0 Å². The molecule has 0 amide bonds. The van der Waals surface area contributed by atoms with E-state index in [4.69, 9.17) is 5.73 Å². The predicted molar refractivity (Wildman–Crippen MR) is 66.9 cm³/mol. The summed E-state index contributed by atoms with van der Waals surface area (Å²) in [5.41, 5.74) is 7.26. The highest BCUT2D eigenvalue weighted by atomic mass is 32.2. The van der Waals surface area contributed by atoms with Gasteiger partial charge >= 0.3 is 0 Å². The van der Waals surface area contributed by atoms with Crippen LogP contribution < -0.4 is 5.73 Å². The molecule has 1 heterocycles. The molecule has 0 saturated heterocycles. The molecule has 0 aliphatic rings. The first-order valence-corrected chi connectivity index (χ1v) is 6.38. The molecular formula is C11H21N3S. The van der Waals surface area contributed by atoms with E-state index in [1.165, 1.54) is 12.0 Å². The van der Waals surface area contributed by atoms with Gasteiger partial charge in [0.2, 0.25) is 0 Å². The van der Waals surface area contributed by atoms with E-state index in [1.807, 2.05) is 29.7 Å². The van der Waals surface area contributed by atoms with E-state index in [0.717, 1.165) is 0 Å². The largest absolute Gasteiger partial charge is 0.327 e. The van der Waals surface area contributed by atoms with Crippen molar-refractivity contribution in [1.82, 2.24) is 9.78 Å². The van der Waals surface area contributed by atoms with Gasteiger partial charge in [-0.2, -0.15) is 5.10 Å². The van der Waals surface area contributed by atoms with E-state index in [0.29, 0.717) is 10.5 Å². The molecule has 0 saturated carbocycles. The van der Waals surface area contributed by atoms with E-state index in [2.05, 4.69) is 32.1 Å². The van der Waals surface area contributed by atoms with Crippen molar-refractivity contribution in [2.45, 2.75) is 43.7 Å². The van der Waals surface area contributed by atoms with Crippen LogP contribution in [0.1, 0.15) is 38.0 Å². The minimum absolute atomic E-state index is 0.160. The van der Waals surface area contributed by atoms with Gasteiger partial charge in [-0.1, -0.05) is 13.8 Å². The van der Waals surface area contributed by atoms with Crippen molar-refractivity contribution in [3.8, 4) is 0 Å². The molecule has 3 unspecified atom stereocenters. The summed E-state index contributed by atoms with van der Waals surface area (Å²) in [6, 6.07) is 0.160. The Bertz CT molecular complexity index is 296. The second-order valence-corrected chi connectivity index (χ2v) is 5.67. The zero-order valence-electron chi connectivity index (χ0n) is 9.97. The lowest BCUT2D eigenvalue weighted by Gasteiger charge is -2.22. The molecule has 0 aromatic carbocycles. The van der Waals surface area contributed by atoms with Crippen LogP contribution in [0.4, 0.5) is 0 Å². The van der Waals surface area contributed by atoms with Gasteiger partial charge in [-0.05, 0) is 13.3 Å². The van der Waals surface area contributed by atoms with Gasteiger partial charge in [0.1, 0.15) is 0 Å². The fourth-order valence-corrected chi connectivity index (χ4v) is 2.66. The molecule has 4 heteroatoms. The summed E-state index contributed by atoms with van der Waals surface area (Å²) < 4.78 is 1.84. The Morgan fingerprint density at radius 1 is 1.53 bits per heavy atom. The highest BCUT2D eigenvalue weighted by Gasteiger charge is 2.20. The molecule has 0 fully saturated rings. The van der Waals surface area contributed by atoms with Crippen molar-refractivity contribution in [3.63, 3.8) is 0 Å². The van der Waals surface area contributed by atoms with Gasteiger partial charge in [0.05, 0.1) is 6.20 Å². The summed E-state index contributed by atoms with van der Waals surface area (Å²) in [6.07, 6.45) is 5.15. The van der Waals surface area contributed by atoms with Crippen LogP contribution in [0.25, 0.3) is 0 Å². The molecule has 1 aromatic rings. The molecule has 0 aliphatic heterocycles. The topological polar surface area (TPSA) is 43.8 Å².